The first-order chi connectivity index (χ1) is 7.52. The van der Waals surface area contributed by atoms with Crippen LogP contribution in [0.15, 0.2) is 0 Å². The van der Waals surface area contributed by atoms with E-state index < -0.39 is 17.5 Å². The van der Waals surface area contributed by atoms with Gasteiger partial charge in [-0.3, -0.25) is 4.79 Å². The molecule has 0 saturated carbocycles. The lowest BCUT2D eigenvalue weighted by atomic mass is 9.92. The SMILES string of the molecule is CCOC(=O)[C@@](C)(O)[C@H](C)C(=O)SC(C)(C)C. The van der Waals surface area contributed by atoms with Gasteiger partial charge < -0.3 is 9.84 Å². The van der Waals surface area contributed by atoms with Gasteiger partial charge in [0.15, 0.2) is 10.7 Å². The van der Waals surface area contributed by atoms with Crippen LogP contribution >= 0.6 is 11.8 Å². The van der Waals surface area contributed by atoms with Crippen LogP contribution in [-0.2, 0) is 14.3 Å². The lowest BCUT2D eigenvalue weighted by molar-refractivity contribution is -0.169. The summed E-state index contributed by atoms with van der Waals surface area (Å²) in [4.78, 5) is 23.5. The Bertz CT molecular complexity index is 291. The molecule has 0 aliphatic heterocycles. The van der Waals surface area contributed by atoms with Gasteiger partial charge in [-0.2, -0.15) is 0 Å². The van der Waals surface area contributed by atoms with Crippen LogP contribution in [0.2, 0.25) is 0 Å². The minimum absolute atomic E-state index is 0.183. The van der Waals surface area contributed by atoms with Crippen molar-refractivity contribution in [3.63, 3.8) is 0 Å². The van der Waals surface area contributed by atoms with Crippen LogP contribution < -0.4 is 0 Å². The molecule has 2 atom stereocenters. The van der Waals surface area contributed by atoms with E-state index in [1.807, 2.05) is 20.8 Å². The Kier molecular flexibility index (Phi) is 5.68. The fraction of sp³-hybridized carbons (Fsp3) is 0.833. The van der Waals surface area contributed by atoms with Gasteiger partial charge in [-0.15, -0.1) is 0 Å². The maximum Gasteiger partial charge on any atom is 0.338 e. The average Bonchev–Trinajstić information content (AvgIpc) is 2.14. The van der Waals surface area contributed by atoms with Crippen LogP contribution in [0.4, 0.5) is 0 Å². The van der Waals surface area contributed by atoms with Crippen molar-refractivity contribution in [3.05, 3.63) is 0 Å². The number of rotatable bonds is 4. The summed E-state index contributed by atoms with van der Waals surface area (Å²) in [5.74, 6) is -1.55. The molecule has 0 bridgehead atoms. The van der Waals surface area contributed by atoms with E-state index in [1.165, 1.54) is 13.8 Å². The number of aliphatic hydroxyl groups is 1. The van der Waals surface area contributed by atoms with Gasteiger partial charge in [-0.05, 0) is 13.8 Å². The molecule has 100 valence electrons. The molecule has 0 unspecified atom stereocenters. The lowest BCUT2D eigenvalue weighted by Gasteiger charge is -2.28. The molecule has 0 rings (SSSR count). The van der Waals surface area contributed by atoms with Gasteiger partial charge in [0.2, 0.25) is 0 Å². The van der Waals surface area contributed by atoms with Crippen molar-refractivity contribution in [2.24, 2.45) is 5.92 Å². The molecule has 4 nitrogen and oxygen atoms in total. The maximum atomic E-state index is 11.9. The van der Waals surface area contributed by atoms with E-state index in [-0.39, 0.29) is 16.5 Å². The quantitative estimate of drug-likeness (QED) is 0.785. The Morgan fingerprint density at radius 1 is 1.29 bits per heavy atom. The van der Waals surface area contributed by atoms with Crippen LogP contribution in [0.3, 0.4) is 0 Å². The summed E-state index contributed by atoms with van der Waals surface area (Å²) in [6.45, 7) is 10.4. The van der Waals surface area contributed by atoms with Crippen LogP contribution in [-0.4, -0.2) is 33.1 Å². The van der Waals surface area contributed by atoms with Crippen molar-refractivity contribution < 1.29 is 19.4 Å². The molecule has 0 heterocycles. The first-order valence-electron chi connectivity index (χ1n) is 5.64. The minimum atomic E-state index is -1.77. The average molecular weight is 262 g/mol. The molecule has 0 aromatic heterocycles. The van der Waals surface area contributed by atoms with Gasteiger partial charge in [0, 0.05) is 4.75 Å². The topological polar surface area (TPSA) is 63.6 Å². The van der Waals surface area contributed by atoms with Gasteiger partial charge in [0.1, 0.15) is 0 Å². The Balaban J connectivity index is 4.73. The first kappa shape index (κ1) is 16.4. The number of ether oxygens (including phenoxy) is 1. The molecule has 0 amide bonds. The van der Waals surface area contributed by atoms with Crippen LogP contribution in [0.1, 0.15) is 41.5 Å². The van der Waals surface area contributed by atoms with E-state index in [0.29, 0.717) is 0 Å². The van der Waals surface area contributed by atoms with Gasteiger partial charge in [-0.1, -0.05) is 39.5 Å². The second-order valence-electron chi connectivity index (χ2n) is 5.12. The zero-order valence-electron chi connectivity index (χ0n) is 11.4. The molecule has 0 aliphatic rings. The van der Waals surface area contributed by atoms with Crippen LogP contribution in [0.25, 0.3) is 0 Å². The molecule has 0 aromatic rings. The highest BCUT2D eigenvalue weighted by Gasteiger charge is 2.43. The standard InChI is InChI=1S/C12H22O4S/c1-7-16-10(14)12(6,15)8(2)9(13)17-11(3,4)5/h8,15H,7H2,1-6H3/t8-,12+/m1/s1. The fourth-order valence-electron chi connectivity index (χ4n) is 1.07. The third kappa shape index (κ3) is 5.08. The van der Waals surface area contributed by atoms with E-state index in [4.69, 9.17) is 4.74 Å². The predicted molar refractivity (Wildman–Crippen MR) is 68.8 cm³/mol. The van der Waals surface area contributed by atoms with E-state index in [2.05, 4.69) is 0 Å². The molecule has 1 N–H and O–H groups in total. The normalized spacial score (nSPS) is 17.1. The van der Waals surface area contributed by atoms with E-state index >= 15 is 0 Å². The monoisotopic (exact) mass is 262 g/mol. The molecule has 5 heteroatoms. The predicted octanol–water partition coefficient (Wildman–Crippen LogP) is 1.99. The van der Waals surface area contributed by atoms with Gasteiger partial charge in [0.05, 0.1) is 12.5 Å². The molecule has 0 spiro atoms. The number of thioether (sulfide) groups is 1. The molecule has 0 fully saturated rings. The van der Waals surface area contributed by atoms with Crippen molar-refractivity contribution in [1.82, 2.24) is 0 Å². The summed E-state index contributed by atoms with van der Waals surface area (Å²) in [6.07, 6.45) is 0. The van der Waals surface area contributed by atoms with Crippen LogP contribution in [0.5, 0.6) is 0 Å². The maximum absolute atomic E-state index is 11.9. The Labute approximate surface area is 107 Å². The third-order valence-electron chi connectivity index (χ3n) is 2.29. The largest absolute Gasteiger partial charge is 0.464 e. The van der Waals surface area contributed by atoms with Gasteiger partial charge in [0.25, 0.3) is 0 Å². The number of carbonyl (C=O) groups excluding carboxylic acids is 2. The van der Waals surface area contributed by atoms with E-state index in [9.17, 15) is 14.7 Å². The molecule has 17 heavy (non-hydrogen) atoms. The van der Waals surface area contributed by atoms with Gasteiger partial charge >= 0.3 is 5.97 Å². The Morgan fingerprint density at radius 3 is 2.12 bits per heavy atom. The second-order valence-corrected chi connectivity index (χ2v) is 6.95. The number of esters is 1. The highest BCUT2D eigenvalue weighted by molar-refractivity contribution is 8.14. The molecule has 0 aromatic carbocycles. The van der Waals surface area contributed by atoms with Crippen molar-refractivity contribution in [2.75, 3.05) is 6.61 Å². The summed E-state index contributed by atoms with van der Waals surface area (Å²) < 4.78 is 4.52. The fourth-order valence-corrected chi connectivity index (χ4v) is 2.08. The molecule has 0 radical (unpaired) electrons. The molecule has 0 saturated heterocycles. The Hall–Kier alpha value is -0.550. The third-order valence-corrected chi connectivity index (χ3v) is 3.46. The van der Waals surface area contributed by atoms with Crippen molar-refractivity contribution in [2.45, 2.75) is 51.9 Å². The second kappa shape index (κ2) is 5.87. The smallest absolute Gasteiger partial charge is 0.338 e. The summed E-state index contributed by atoms with van der Waals surface area (Å²) >= 11 is 1.12. The zero-order chi connectivity index (χ0) is 13.9. The molecular formula is C12H22O4S. The van der Waals surface area contributed by atoms with E-state index in [0.717, 1.165) is 11.8 Å². The summed E-state index contributed by atoms with van der Waals surface area (Å²) in [7, 11) is 0. The first-order valence-corrected chi connectivity index (χ1v) is 6.46. The lowest BCUT2D eigenvalue weighted by Crippen LogP contribution is -2.46. The number of carbonyl (C=O) groups is 2. The van der Waals surface area contributed by atoms with Gasteiger partial charge in [-0.25, -0.2) is 4.79 Å². The minimum Gasteiger partial charge on any atom is -0.464 e. The highest BCUT2D eigenvalue weighted by Crippen LogP contribution is 2.31. The van der Waals surface area contributed by atoms with Crippen molar-refractivity contribution in [3.8, 4) is 0 Å². The van der Waals surface area contributed by atoms with E-state index in [1.54, 1.807) is 6.92 Å². The summed E-state index contributed by atoms with van der Waals surface area (Å²) in [5.41, 5.74) is -1.77. The summed E-state index contributed by atoms with van der Waals surface area (Å²) in [6, 6.07) is 0. The van der Waals surface area contributed by atoms with Crippen LogP contribution in [0, 0.1) is 5.92 Å². The summed E-state index contributed by atoms with van der Waals surface area (Å²) in [5, 5.41) is 9.83. The zero-order valence-corrected chi connectivity index (χ0v) is 12.2. The highest BCUT2D eigenvalue weighted by atomic mass is 32.2. The van der Waals surface area contributed by atoms with Crippen molar-refractivity contribution >= 4 is 22.8 Å². The molecule has 0 aliphatic carbocycles. The Morgan fingerprint density at radius 2 is 1.76 bits per heavy atom. The van der Waals surface area contributed by atoms with Crippen molar-refractivity contribution in [1.29, 1.82) is 0 Å². The molecular weight excluding hydrogens is 240 g/mol. The number of hydrogen-bond acceptors (Lipinski definition) is 5. The number of hydrogen-bond donors (Lipinski definition) is 1.